The first-order valence-electron chi connectivity index (χ1n) is 14.4. The molecule has 0 spiro atoms. The van der Waals surface area contributed by atoms with Crippen LogP contribution < -0.4 is 10.6 Å². The standard InChI is InChI=1S/C31H38N8O/c1-20(23-5-4-6-24-25(31(40)32-2)7-11-33-30(23)24)17-34-28-16-26(36-19-37-28)22-10-14-39-27(18-35-29(39)15-22)21-8-12-38(3)13-9-21/h4-7,11,16,18-22H,8-10,12-15,17H2,1-3H3,(H,32,40)(H,34,36,37)/t20-,22?/m1/s1. The van der Waals surface area contributed by atoms with Crippen LogP contribution in [-0.2, 0) is 13.0 Å². The molecule has 2 aliphatic heterocycles. The third kappa shape index (κ3) is 5.18. The average Bonchev–Trinajstić information content (AvgIpc) is 3.43. The van der Waals surface area contributed by atoms with Gasteiger partial charge in [-0.2, -0.15) is 0 Å². The van der Waals surface area contributed by atoms with Crippen molar-refractivity contribution in [2.75, 3.05) is 39.0 Å². The van der Waals surface area contributed by atoms with Crippen molar-refractivity contribution in [1.82, 2.24) is 34.7 Å². The lowest BCUT2D eigenvalue weighted by Crippen LogP contribution is -2.30. The number of aromatic nitrogens is 5. The van der Waals surface area contributed by atoms with Crippen molar-refractivity contribution >= 4 is 22.6 Å². The van der Waals surface area contributed by atoms with Crippen molar-refractivity contribution in [2.45, 2.75) is 56.9 Å². The lowest BCUT2D eigenvalue weighted by Gasteiger charge is -2.31. The summed E-state index contributed by atoms with van der Waals surface area (Å²) < 4.78 is 2.47. The molecule has 1 aromatic carbocycles. The van der Waals surface area contributed by atoms with Crippen molar-refractivity contribution in [3.8, 4) is 0 Å². The number of hydrogen-bond acceptors (Lipinski definition) is 7. The summed E-state index contributed by atoms with van der Waals surface area (Å²) in [6.45, 7) is 6.18. The number of imidazole rings is 1. The molecule has 0 saturated carbocycles. The van der Waals surface area contributed by atoms with Crippen LogP contribution in [0.4, 0.5) is 5.82 Å². The van der Waals surface area contributed by atoms with Gasteiger partial charge in [0.05, 0.1) is 11.1 Å². The highest BCUT2D eigenvalue weighted by atomic mass is 16.1. The van der Waals surface area contributed by atoms with Crippen LogP contribution >= 0.6 is 0 Å². The molecule has 1 unspecified atom stereocenters. The zero-order valence-corrected chi connectivity index (χ0v) is 23.6. The number of fused-ring (bicyclic) bond motifs is 2. The predicted octanol–water partition coefficient (Wildman–Crippen LogP) is 4.34. The summed E-state index contributed by atoms with van der Waals surface area (Å²) in [5.74, 6) is 3.04. The average molecular weight is 539 g/mol. The van der Waals surface area contributed by atoms with Crippen LogP contribution in [0.15, 0.2) is 49.1 Å². The summed E-state index contributed by atoms with van der Waals surface area (Å²) in [5, 5.41) is 7.11. The Balaban J connectivity index is 1.13. The van der Waals surface area contributed by atoms with E-state index in [4.69, 9.17) is 4.98 Å². The molecule has 2 aliphatic rings. The second-order valence-electron chi connectivity index (χ2n) is 11.3. The van der Waals surface area contributed by atoms with E-state index in [0.717, 1.165) is 60.5 Å². The summed E-state index contributed by atoms with van der Waals surface area (Å²) in [7, 11) is 3.86. The van der Waals surface area contributed by atoms with E-state index in [1.807, 2.05) is 12.1 Å². The van der Waals surface area contributed by atoms with E-state index in [0.29, 0.717) is 23.9 Å². The maximum Gasteiger partial charge on any atom is 0.251 e. The normalized spacial score (nSPS) is 18.8. The van der Waals surface area contributed by atoms with Gasteiger partial charge in [0.25, 0.3) is 5.91 Å². The number of para-hydroxylation sites is 1. The van der Waals surface area contributed by atoms with E-state index < -0.39 is 0 Å². The number of likely N-dealkylation sites (tertiary alicyclic amines) is 1. The van der Waals surface area contributed by atoms with Gasteiger partial charge in [-0.05, 0) is 51.0 Å². The Hall–Kier alpha value is -3.85. The molecular weight excluding hydrogens is 500 g/mol. The fourth-order valence-electron chi connectivity index (χ4n) is 6.33. The molecule has 0 radical (unpaired) electrons. The number of nitrogens with zero attached hydrogens (tertiary/aromatic N) is 6. The van der Waals surface area contributed by atoms with Gasteiger partial charge in [0, 0.05) is 79.5 Å². The number of anilines is 1. The fourth-order valence-corrected chi connectivity index (χ4v) is 6.33. The summed E-state index contributed by atoms with van der Waals surface area (Å²) in [5.41, 5.74) is 5.10. The van der Waals surface area contributed by atoms with Crippen LogP contribution in [0, 0.1) is 0 Å². The maximum absolute atomic E-state index is 12.4. The Labute approximate surface area is 235 Å². The molecule has 1 fully saturated rings. The minimum absolute atomic E-state index is 0.105. The molecule has 4 aromatic rings. The van der Waals surface area contributed by atoms with Crippen molar-refractivity contribution in [1.29, 1.82) is 0 Å². The summed E-state index contributed by atoms with van der Waals surface area (Å²) >= 11 is 0. The minimum Gasteiger partial charge on any atom is -0.369 e. The Kier molecular flexibility index (Phi) is 7.47. The van der Waals surface area contributed by atoms with Gasteiger partial charge in [0.1, 0.15) is 18.0 Å². The molecular formula is C31H38N8O. The van der Waals surface area contributed by atoms with Crippen LogP contribution in [0.2, 0.25) is 0 Å². The zero-order valence-electron chi connectivity index (χ0n) is 23.6. The minimum atomic E-state index is -0.105. The molecule has 1 saturated heterocycles. The first-order valence-corrected chi connectivity index (χ1v) is 14.4. The summed E-state index contributed by atoms with van der Waals surface area (Å²) in [6.07, 6.45) is 9.91. The third-order valence-corrected chi connectivity index (χ3v) is 8.74. The SMILES string of the molecule is CNC(=O)c1ccnc2c([C@H](C)CNc3cc(C4CCn5c(C6CCN(C)CC6)cnc5C4)ncn3)cccc12. The Morgan fingerprint density at radius 2 is 1.88 bits per heavy atom. The number of carbonyl (C=O) groups excluding carboxylic acids is 1. The molecule has 3 aromatic heterocycles. The van der Waals surface area contributed by atoms with Crippen molar-refractivity contribution in [2.24, 2.45) is 0 Å². The molecule has 208 valence electrons. The predicted molar refractivity (Wildman–Crippen MR) is 157 cm³/mol. The first-order chi connectivity index (χ1) is 19.5. The smallest absolute Gasteiger partial charge is 0.251 e. The highest BCUT2D eigenvalue weighted by Crippen LogP contribution is 2.34. The van der Waals surface area contributed by atoms with Gasteiger partial charge in [-0.15, -0.1) is 0 Å². The maximum atomic E-state index is 12.4. The molecule has 9 nitrogen and oxygen atoms in total. The van der Waals surface area contributed by atoms with Gasteiger partial charge in [-0.3, -0.25) is 9.78 Å². The second-order valence-corrected chi connectivity index (χ2v) is 11.3. The Bertz CT molecular complexity index is 1510. The van der Waals surface area contributed by atoms with Crippen LogP contribution in [0.3, 0.4) is 0 Å². The van der Waals surface area contributed by atoms with E-state index in [2.05, 4.69) is 67.4 Å². The van der Waals surface area contributed by atoms with Crippen molar-refractivity contribution in [3.63, 3.8) is 0 Å². The number of nitrogens with one attached hydrogen (secondary N) is 2. The quantitative estimate of drug-likeness (QED) is 0.361. The van der Waals surface area contributed by atoms with Crippen molar-refractivity contribution in [3.05, 3.63) is 77.4 Å². The summed E-state index contributed by atoms with van der Waals surface area (Å²) in [4.78, 5) is 33.4. The summed E-state index contributed by atoms with van der Waals surface area (Å²) in [6, 6.07) is 9.91. The Morgan fingerprint density at radius 3 is 2.70 bits per heavy atom. The number of benzene rings is 1. The van der Waals surface area contributed by atoms with Crippen molar-refractivity contribution < 1.29 is 4.79 Å². The van der Waals surface area contributed by atoms with Crippen LogP contribution in [0.1, 0.15) is 77.1 Å². The molecule has 5 heterocycles. The number of amides is 1. The second kappa shape index (κ2) is 11.3. The monoisotopic (exact) mass is 538 g/mol. The van der Waals surface area contributed by atoms with E-state index >= 15 is 0 Å². The van der Waals surface area contributed by atoms with Crippen LogP contribution in [0.5, 0.6) is 0 Å². The van der Waals surface area contributed by atoms with Crippen LogP contribution in [0.25, 0.3) is 10.9 Å². The van der Waals surface area contributed by atoms with Crippen LogP contribution in [-0.4, -0.2) is 69.0 Å². The van der Waals surface area contributed by atoms with E-state index in [1.54, 1.807) is 25.6 Å². The highest BCUT2D eigenvalue weighted by molar-refractivity contribution is 6.06. The molecule has 1 amide bonds. The van der Waals surface area contributed by atoms with Gasteiger partial charge in [0.15, 0.2) is 0 Å². The largest absolute Gasteiger partial charge is 0.369 e. The topological polar surface area (TPSA) is 101 Å². The van der Waals surface area contributed by atoms with Gasteiger partial charge < -0.3 is 20.1 Å². The Morgan fingerprint density at radius 1 is 1.05 bits per heavy atom. The van der Waals surface area contributed by atoms with E-state index in [-0.39, 0.29) is 11.8 Å². The number of carbonyl (C=O) groups is 1. The molecule has 40 heavy (non-hydrogen) atoms. The first kappa shape index (κ1) is 26.4. The fraction of sp³-hybridized carbons (Fsp3) is 0.452. The molecule has 6 rings (SSSR count). The number of hydrogen-bond donors (Lipinski definition) is 2. The van der Waals surface area contributed by atoms with E-state index in [9.17, 15) is 4.79 Å². The molecule has 0 aliphatic carbocycles. The molecule has 9 heteroatoms. The van der Waals surface area contributed by atoms with E-state index in [1.165, 1.54) is 24.4 Å². The number of pyridine rings is 1. The van der Waals surface area contributed by atoms with Gasteiger partial charge in [-0.1, -0.05) is 25.1 Å². The molecule has 2 N–H and O–H groups in total. The number of rotatable bonds is 7. The molecule has 2 atom stereocenters. The lowest BCUT2D eigenvalue weighted by atomic mass is 9.91. The number of piperidine rings is 1. The van der Waals surface area contributed by atoms with Gasteiger partial charge >= 0.3 is 0 Å². The highest BCUT2D eigenvalue weighted by Gasteiger charge is 2.28. The van der Waals surface area contributed by atoms with Gasteiger partial charge in [0.2, 0.25) is 0 Å². The van der Waals surface area contributed by atoms with Gasteiger partial charge in [-0.25, -0.2) is 15.0 Å². The third-order valence-electron chi connectivity index (χ3n) is 8.74. The molecule has 0 bridgehead atoms. The zero-order chi connectivity index (χ0) is 27.6. The lowest BCUT2D eigenvalue weighted by molar-refractivity contribution is 0.0964.